The van der Waals surface area contributed by atoms with Gasteiger partial charge in [-0.3, -0.25) is 14.2 Å². The van der Waals surface area contributed by atoms with Crippen LogP contribution in [0.25, 0.3) is 21.3 Å². The van der Waals surface area contributed by atoms with E-state index in [2.05, 4.69) is 6.07 Å². The number of rotatable bonds is 5. The van der Waals surface area contributed by atoms with Crippen LogP contribution in [-0.4, -0.2) is 28.0 Å². The van der Waals surface area contributed by atoms with Gasteiger partial charge in [-0.2, -0.15) is 5.26 Å². The van der Waals surface area contributed by atoms with Crippen molar-refractivity contribution in [2.45, 2.75) is 38.4 Å². The van der Waals surface area contributed by atoms with E-state index in [0.717, 1.165) is 41.8 Å². The number of quaternary nitrogens is 1. The number of fused-ring (bicyclic) bond motifs is 1. The summed E-state index contributed by atoms with van der Waals surface area (Å²) in [4.78, 5) is 31.6. The number of primary amides is 1. The largest absolute Gasteiger partial charge is 0.365 e. The maximum atomic E-state index is 13.3. The maximum absolute atomic E-state index is 13.3. The van der Waals surface area contributed by atoms with E-state index >= 15 is 0 Å². The topological polar surface area (TPSA) is 106 Å². The van der Waals surface area contributed by atoms with Crippen LogP contribution in [0, 0.1) is 11.3 Å². The molecule has 0 spiro atoms. The van der Waals surface area contributed by atoms with Crippen LogP contribution in [0.2, 0.25) is 0 Å². The molecule has 2 atom stereocenters. The lowest BCUT2D eigenvalue weighted by atomic mass is 10.0. The molecule has 1 unspecified atom stereocenters. The lowest BCUT2D eigenvalue weighted by Crippen LogP contribution is -3.16. The van der Waals surface area contributed by atoms with Gasteiger partial charge in [-0.15, -0.1) is 11.3 Å². The minimum atomic E-state index is -0.322. The summed E-state index contributed by atoms with van der Waals surface area (Å²) in [5.74, 6) is 0.214. The molecule has 3 heterocycles. The first-order valence-electron chi connectivity index (χ1n) is 9.67. The number of nitriles is 1. The zero-order valence-electron chi connectivity index (χ0n) is 15.9. The lowest BCUT2D eigenvalue weighted by molar-refractivity contribution is -0.935. The Morgan fingerprint density at radius 2 is 2.14 bits per heavy atom. The van der Waals surface area contributed by atoms with Crippen LogP contribution in [0.15, 0.2) is 40.5 Å². The number of nitrogens with one attached hydrogen (secondary N) is 1. The number of likely N-dealkylation sites (tertiary alicyclic amines) is 1. The molecule has 0 saturated carbocycles. The van der Waals surface area contributed by atoms with Crippen molar-refractivity contribution in [2.75, 3.05) is 6.54 Å². The zero-order valence-corrected chi connectivity index (χ0v) is 16.7. The van der Waals surface area contributed by atoms with Gasteiger partial charge in [-0.25, -0.2) is 4.98 Å². The first-order valence-corrected chi connectivity index (χ1v) is 10.5. The number of hydrogen-bond donors (Lipinski definition) is 2. The van der Waals surface area contributed by atoms with Gasteiger partial charge in [-0.1, -0.05) is 30.3 Å². The lowest BCUT2D eigenvalue weighted by Gasteiger charge is -2.30. The van der Waals surface area contributed by atoms with Gasteiger partial charge in [0, 0.05) is 17.4 Å². The van der Waals surface area contributed by atoms with Crippen molar-refractivity contribution in [1.29, 1.82) is 5.26 Å². The molecular weight excluding hydrogens is 386 g/mol. The van der Waals surface area contributed by atoms with Crippen molar-refractivity contribution in [3.05, 3.63) is 51.9 Å². The first-order chi connectivity index (χ1) is 14.1. The van der Waals surface area contributed by atoms with E-state index in [0.29, 0.717) is 22.6 Å². The third-order valence-corrected chi connectivity index (χ3v) is 6.42. The van der Waals surface area contributed by atoms with Crippen LogP contribution in [0.4, 0.5) is 0 Å². The standard InChI is InChI=1S/C21H21N5O2S/c22-9-11-26-17(12-25-10-5-4-8-16(25)19(23)27)24-20-18(21(26)28)15(13-29-20)14-6-2-1-3-7-14/h1-3,6-7,13,16H,4-5,8,10-12H2,(H2,23,27)/p+1/t16-/m1/s1. The molecule has 1 aromatic carbocycles. The van der Waals surface area contributed by atoms with Crippen LogP contribution < -0.4 is 16.2 Å². The summed E-state index contributed by atoms with van der Waals surface area (Å²) in [6, 6.07) is 11.5. The Balaban J connectivity index is 1.81. The molecule has 1 aliphatic heterocycles. The Morgan fingerprint density at radius 3 is 2.86 bits per heavy atom. The predicted molar refractivity (Wildman–Crippen MR) is 111 cm³/mol. The summed E-state index contributed by atoms with van der Waals surface area (Å²) >= 11 is 1.42. The third-order valence-electron chi connectivity index (χ3n) is 5.55. The molecule has 1 fully saturated rings. The Bertz CT molecular complexity index is 1150. The molecule has 1 aliphatic rings. The van der Waals surface area contributed by atoms with Gasteiger partial charge in [0.2, 0.25) is 0 Å². The summed E-state index contributed by atoms with van der Waals surface area (Å²) in [5, 5.41) is 11.8. The van der Waals surface area contributed by atoms with E-state index in [1.807, 2.05) is 35.7 Å². The first kappa shape index (κ1) is 19.3. The fourth-order valence-corrected chi connectivity index (χ4v) is 5.06. The molecule has 4 rings (SSSR count). The van der Waals surface area contributed by atoms with E-state index < -0.39 is 0 Å². The molecule has 1 saturated heterocycles. The second-order valence-corrected chi connectivity index (χ2v) is 8.17. The fraction of sp³-hybridized carbons (Fsp3) is 0.333. The SMILES string of the molecule is N#CCn1c(C[NH+]2CCCC[C@@H]2C(N)=O)nc2scc(-c3ccccc3)c2c1=O. The average molecular weight is 409 g/mol. The maximum Gasteiger partial charge on any atom is 0.275 e. The molecule has 0 radical (unpaired) electrons. The molecule has 7 nitrogen and oxygen atoms in total. The minimum Gasteiger partial charge on any atom is -0.365 e. The summed E-state index contributed by atoms with van der Waals surface area (Å²) in [6.07, 6.45) is 2.72. The molecule has 2 aromatic heterocycles. The molecule has 0 bridgehead atoms. The van der Waals surface area contributed by atoms with Crippen molar-refractivity contribution in [3.63, 3.8) is 0 Å². The second-order valence-electron chi connectivity index (χ2n) is 7.31. The van der Waals surface area contributed by atoms with Gasteiger partial charge >= 0.3 is 0 Å². The van der Waals surface area contributed by atoms with Crippen molar-refractivity contribution >= 4 is 27.5 Å². The average Bonchev–Trinajstić information content (AvgIpc) is 3.16. The Morgan fingerprint density at radius 1 is 1.34 bits per heavy atom. The van der Waals surface area contributed by atoms with Crippen LogP contribution in [0.1, 0.15) is 25.1 Å². The number of carbonyl (C=O) groups excluding carboxylic acids is 1. The Hall–Kier alpha value is -3.02. The molecule has 1 amide bonds. The third kappa shape index (κ3) is 3.67. The normalized spacial score (nSPS) is 19.1. The highest BCUT2D eigenvalue weighted by atomic mass is 32.1. The summed E-state index contributed by atoms with van der Waals surface area (Å²) < 4.78 is 1.45. The van der Waals surface area contributed by atoms with Crippen LogP contribution >= 0.6 is 11.3 Å². The Labute approximate surface area is 172 Å². The van der Waals surface area contributed by atoms with Gasteiger partial charge in [0.05, 0.1) is 18.0 Å². The number of hydrogen-bond acceptors (Lipinski definition) is 5. The highest BCUT2D eigenvalue weighted by Crippen LogP contribution is 2.30. The summed E-state index contributed by atoms with van der Waals surface area (Å²) in [6.45, 7) is 1.13. The summed E-state index contributed by atoms with van der Waals surface area (Å²) in [5.41, 5.74) is 7.17. The van der Waals surface area contributed by atoms with Gasteiger partial charge < -0.3 is 10.6 Å². The molecule has 29 heavy (non-hydrogen) atoms. The van der Waals surface area contributed by atoms with E-state index in [9.17, 15) is 14.9 Å². The smallest absolute Gasteiger partial charge is 0.275 e. The van der Waals surface area contributed by atoms with Gasteiger partial charge in [0.1, 0.15) is 17.9 Å². The molecule has 3 aromatic rings. The highest BCUT2D eigenvalue weighted by molar-refractivity contribution is 7.17. The number of thiophene rings is 1. The van der Waals surface area contributed by atoms with Gasteiger partial charge in [0.15, 0.2) is 11.9 Å². The fourth-order valence-electron chi connectivity index (χ4n) is 4.10. The Kier molecular flexibility index (Phi) is 5.43. The second kappa shape index (κ2) is 8.15. The molecule has 3 N–H and O–H groups in total. The van der Waals surface area contributed by atoms with E-state index in [1.165, 1.54) is 15.9 Å². The molecular formula is C21H22N5O2S+. The van der Waals surface area contributed by atoms with Crippen molar-refractivity contribution in [2.24, 2.45) is 5.73 Å². The molecule has 8 heteroatoms. The molecule has 148 valence electrons. The number of aromatic nitrogens is 2. The zero-order chi connectivity index (χ0) is 20.4. The van der Waals surface area contributed by atoms with Gasteiger partial charge in [0.25, 0.3) is 11.5 Å². The number of carbonyl (C=O) groups is 1. The number of nitrogens with two attached hydrogens (primary N) is 1. The number of nitrogens with zero attached hydrogens (tertiary/aromatic N) is 3. The highest BCUT2D eigenvalue weighted by Gasteiger charge is 2.32. The van der Waals surface area contributed by atoms with Crippen molar-refractivity contribution < 1.29 is 9.69 Å². The number of benzene rings is 1. The minimum absolute atomic E-state index is 0.0737. The van der Waals surface area contributed by atoms with Crippen molar-refractivity contribution in [3.8, 4) is 17.2 Å². The van der Waals surface area contributed by atoms with E-state index in [4.69, 9.17) is 10.7 Å². The van der Waals surface area contributed by atoms with E-state index in [1.54, 1.807) is 0 Å². The number of amides is 1. The molecule has 0 aliphatic carbocycles. The van der Waals surface area contributed by atoms with Crippen LogP contribution in [-0.2, 0) is 17.9 Å². The van der Waals surface area contributed by atoms with Gasteiger partial charge in [-0.05, 0) is 18.4 Å². The number of piperidine rings is 1. The monoisotopic (exact) mass is 408 g/mol. The van der Waals surface area contributed by atoms with E-state index in [-0.39, 0.29) is 24.1 Å². The van der Waals surface area contributed by atoms with Crippen LogP contribution in [0.5, 0.6) is 0 Å². The van der Waals surface area contributed by atoms with Crippen LogP contribution in [0.3, 0.4) is 0 Å². The quantitative estimate of drug-likeness (QED) is 0.659. The van der Waals surface area contributed by atoms with Crippen molar-refractivity contribution in [1.82, 2.24) is 9.55 Å². The predicted octanol–water partition coefficient (Wildman–Crippen LogP) is 1.07. The summed E-state index contributed by atoms with van der Waals surface area (Å²) in [7, 11) is 0.